The van der Waals surface area contributed by atoms with Crippen LogP contribution in [0, 0.1) is 13.8 Å². The van der Waals surface area contributed by atoms with Crippen LogP contribution in [0.25, 0.3) is 11.0 Å². The lowest BCUT2D eigenvalue weighted by atomic mass is 10.1. The van der Waals surface area contributed by atoms with Gasteiger partial charge in [-0.3, -0.25) is 9.59 Å². The van der Waals surface area contributed by atoms with Gasteiger partial charge in [-0.05, 0) is 43.5 Å². The Labute approximate surface area is 158 Å². The molecule has 0 saturated carbocycles. The van der Waals surface area contributed by atoms with E-state index in [-0.39, 0.29) is 12.3 Å². The molecule has 0 radical (unpaired) electrons. The molecule has 0 aliphatic heterocycles. The quantitative estimate of drug-likeness (QED) is 0.705. The molecule has 0 fully saturated rings. The highest BCUT2D eigenvalue weighted by Gasteiger charge is 2.17. The smallest absolute Gasteiger partial charge is 0.303 e. The van der Waals surface area contributed by atoms with E-state index in [4.69, 9.17) is 9.52 Å². The number of carbonyl (C=O) groups is 2. The first-order chi connectivity index (χ1) is 12.9. The lowest BCUT2D eigenvalue weighted by molar-refractivity contribution is -0.136. The Morgan fingerprint density at radius 3 is 2.41 bits per heavy atom. The van der Waals surface area contributed by atoms with Crippen LogP contribution >= 0.6 is 0 Å². The number of carboxylic acids is 1. The van der Waals surface area contributed by atoms with Crippen molar-refractivity contribution in [2.45, 2.75) is 33.2 Å². The Morgan fingerprint density at radius 1 is 1.07 bits per heavy atom. The SMILES string of the molecule is Cc1c(CN(C)C(=O)c2ccc(CCC(=O)O)cc2)oc2c(C)cccc12. The van der Waals surface area contributed by atoms with Crippen molar-refractivity contribution in [3.63, 3.8) is 0 Å². The molecule has 3 rings (SSSR count). The van der Waals surface area contributed by atoms with Crippen LogP contribution < -0.4 is 0 Å². The molecule has 27 heavy (non-hydrogen) atoms. The number of furan rings is 1. The highest BCUT2D eigenvalue weighted by molar-refractivity contribution is 5.94. The normalized spacial score (nSPS) is 10.9. The standard InChI is InChI=1S/C22H23NO4/c1-14-5-4-6-18-15(2)19(27-21(14)18)13-23(3)22(26)17-10-7-16(8-11-17)9-12-20(24)25/h4-8,10-11H,9,12-13H2,1-3H3,(H,24,25). The molecule has 1 N–H and O–H groups in total. The van der Waals surface area contributed by atoms with Crippen LogP contribution in [0.3, 0.4) is 0 Å². The number of hydrogen-bond acceptors (Lipinski definition) is 3. The molecule has 1 aromatic heterocycles. The molecular formula is C22H23NO4. The number of carbonyl (C=O) groups excluding carboxylic acids is 1. The van der Waals surface area contributed by atoms with E-state index in [2.05, 4.69) is 0 Å². The topological polar surface area (TPSA) is 70.8 Å². The van der Waals surface area contributed by atoms with Crippen molar-refractivity contribution in [2.24, 2.45) is 0 Å². The Hall–Kier alpha value is -3.08. The largest absolute Gasteiger partial charge is 0.481 e. The van der Waals surface area contributed by atoms with Crippen LogP contribution in [0.4, 0.5) is 0 Å². The number of fused-ring (bicyclic) bond motifs is 1. The molecule has 0 aliphatic carbocycles. The fraction of sp³-hybridized carbons (Fsp3) is 0.273. The van der Waals surface area contributed by atoms with Crippen molar-refractivity contribution in [3.8, 4) is 0 Å². The summed E-state index contributed by atoms with van der Waals surface area (Å²) in [5.41, 5.74) is 4.47. The molecule has 0 atom stereocenters. The molecule has 0 unspecified atom stereocenters. The first kappa shape index (κ1) is 18.7. The molecular weight excluding hydrogens is 342 g/mol. The van der Waals surface area contributed by atoms with E-state index < -0.39 is 5.97 Å². The van der Waals surface area contributed by atoms with Crippen LogP contribution in [0.2, 0.25) is 0 Å². The van der Waals surface area contributed by atoms with Gasteiger partial charge >= 0.3 is 5.97 Å². The third kappa shape index (κ3) is 4.03. The predicted octanol–water partition coefficient (Wildman–Crippen LogP) is 4.34. The van der Waals surface area contributed by atoms with E-state index in [1.165, 1.54) is 0 Å². The minimum Gasteiger partial charge on any atom is -0.481 e. The maximum absolute atomic E-state index is 12.7. The Morgan fingerprint density at radius 2 is 1.78 bits per heavy atom. The Bertz CT molecular complexity index is 985. The number of hydrogen-bond donors (Lipinski definition) is 1. The van der Waals surface area contributed by atoms with Gasteiger partial charge in [-0.15, -0.1) is 0 Å². The van der Waals surface area contributed by atoms with Gasteiger partial charge in [-0.25, -0.2) is 0 Å². The molecule has 5 heteroatoms. The second-order valence-corrected chi connectivity index (χ2v) is 6.85. The van der Waals surface area contributed by atoms with Crippen LogP contribution in [-0.2, 0) is 17.8 Å². The number of para-hydroxylation sites is 1. The fourth-order valence-electron chi connectivity index (χ4n) is 3.16. The number of benzene rings is 2. The highest BCUT2D eigenvalue weighted by atomic mass is 16.4. The van der Waals surface area contributed by atoms with Crippen LogP contribution in [0.15, 0.2) is 46.9 Å². The third-order valence-electron chi connectivity index (χ3n) is 4.82. The number of aliphatic carboxylic acids is 1. The maximum Gasteiger partial charge on any atom is 0.303 e. The van der Waals surface area contributed by atoms with E-state index in [9.17, 15) is 9.59 Å². The monoisotopic (exact) mass is 365 g/mol. The molecule has 0 bridgehead atoms. The summed E-state index contributed by atoms with van der Waals surface area (Å²) in [7, 11) is 1.75. The number of aryl methyl sites for hydroxylation is 3. The molecule has 2 aromatic carbocycles. The lowest BCUT2D eigenvalue weighted by Gasteiger charge is -2.16. The van der Waals surface area contributed by atoms with Crippen molar-refractivity contribution in [1.29, 1.82) is 0 Å². The minimum atomic E-state index is -0.827. The molecule has 1 heterocycles. The van der Waals surface area contributed by atoms with E-state index >= 15 is 0 Å². The maximum atomic E-state index is 12.7. The summed E-state index contributed by atoms with van der Waals surface area (Å²) in [5.74, 6) is -0.143. The second-order valence-electron chi connectivity index (χ2n) is 6.85. The molecule has 0 spiro atoms. The first-order valence-corrected chi connectivity index (χ1v) is 8.90. The van der Waals surface area contributed by atoms with E-state index in [0.717, 1.165) is 33.4 Å². The molecule has 0 saturated heterocycles. The zero-order valence-corrected chi connectivity index (χ0v) is 15.8. The first-order valence-electron chi connectivity index (χ1n) is 8.90. The van der Waals surface area contributed by atoms with Gasteiger partial charge in [0, 0.05) is 30.0 Å². The van der Waals surface area contributed by atoms with Crippen LogP contribution in [0.5, 0.6) is 0 Å². The lowest BCUT2D eigenvalue weighted by Crippen LogP contribution is -2.26. The van der Waals surface area contributed by atoms with Gasteiger partial charge in [0.15, 0.2) is 0 Å². The molecule has 1 amide bonds. The van der Waals surface area contributed by atoms with Crippen LogP contribution in [-0.4, -0.2) is 28.9 Å². The van der Waals surface area contributed by atoms with Gasteiger partial charge in [0.05, 0.1) is 6.54 Å². The molecule has 3 aromatic rings. The van der Waals surface area contributed by atoms with E-state index in [1.807, 2.05) is 32.0 Å². The minimum absolute atomic E-state index is 0.0813. The average Bonchev–Trinajstić information content (AvgIpc) is 2.97. The Kier molecular flexibility index (Phi) is 5.31. The Balaban J connectivity index is 1.73. The predicted molar refractivity (Wildman–Crippen MR) is 104 cm³/mol. The van der Waals surface area contributed by atoms with Crippen molar-refractivity contribution in [3.05, 3.63) is 70.5 Å². The van der Waals surface area contributed by atoms with Gasteiger partial charge in [0.25, 0.3) is 5.91 Å². The summed E-state index contributed by atoms with van der Waals surface area (Å²) >= 11 is 0. The summed E-state index contributed by atoms with van der Waals surface area (Å²) < 4.78 is 6.01. The van der Waals surface area contributed by atoms with Crippen LogP contribution in [0.1, 0.15) is 39.2 Å². The van der Waals surface area contributed by atoms with Gasteiger partial charge in [0.1, 0.15) is 11.3 Å². The molecule has 5 nitrogen and oxygen atoms in total. The second kappa shape index (κ2) is 7.66. The zero-order chi connectivity index (χ0) is 19.6. The summed E-state index contributed by atoms with van der Waals surface area (Å²) in [6, 6.07) is 13.1. The molecule has 140 valence electrons. The van der Waals surface area contributed by atoms with E-state index in [0.29, 0.717) is 18.5 Å². The zero-order valence-electron chi connectivity index (χ0n) is 15.8. The summed E-state index contributed by atoms with van der Waals surface area (Å²) in [6.07, 6.45) is 0.537. The summed E-state index contributed by atoms with van der Waals surface area (Å²) in [5, 5.41) is 9.83. The number of carboxylic acid groups (broad SMARTS) is 1. The van der Waals surface area contributed by atoms with Gasteiger partial charge in [-0.1, -0.05) is 30.3 Å². The van der Waals surface area contributed by atoms with Gasteiger partial charge < -0.3 is 14.4 Å². The number of rotatable bonds is 6. The van der Waals surface area contributed by atoms with Gasteiger partial charge in [-0.2, -0.15) is 0 Å². The number of nitrogens with zero attached hydrogens (tertiary/aromatic N) is 1. The summed E-state index contributed by atoms with van der Waals surface area (Å²) in [4.78, 5) is 25.0. The van der Waals surface area contributed by atoms with Crippen molar-refractivity contribution in [2.75, 3.05) is 7.05 Å². The fourth-order valence-corrected chi connectivity index (χ4v) is 3.16. The average molecular weight is 365 g/mol. The highest BCUT2D eigenvalue weighted by Crippen LogP contribution is 2.28. The van der Waals surface area contributed by atoms with Gasteiger partial charge in [0.2, 0.25) is 0 Å². The van der Waals surface area contributed by atoms with Crippen molar-refractivity contribution >= 4 is 22.8 Å². The summed E-state index contributed by atoms with van der Waals surface area (Å²) in [6.45, 7) is 4.41. The van der Waals surface area contributed by atoms with Crippen molar-refractivity contribution < 1.29 is 19.1 Å². The third-order valence-corrected chi connectivity index (χ3v) is 4.82. The molecule has 0 aliphatic rings. The van der Waals surface area contributed by atoms with E-state index in [1.54, 1.807) is 36.2 Å². The number of amides is 1. The van der Waals surface area contributed by atoms with Crippen molar-refractivity contribution in [1.82, 2.24) is 4.90 Å².